The third kappa shape index (κ3) is 2.12. The Labute approximate surface area is 82.3 Å². The van der Waals surface area contributed by atoms with Crippen molar-refractivity contribution in [1.82, 2.24) is 0 Å². The van der Waals surface area contributed by atoms with Gasteiger partial charge in [0.25, 0.3) is 0 Å². The fraction of sp³-hybridized carbons (Fsp3) is 0.273. The molecule has 0 spiro atoms. The smallest absolute Gasteiger partial charge is 0.165 e. The van der Waals surface area contributed by atoms with E-state index in [1.165, 1.54) is 12.1 Å². The molecule has 1 rings (SSSR count). The van der Waals surface area contributed by atoms with Crippen LogP contribution in [0, 0.1) is 11.7 Å². The van der Waals surface area contributed by atoms with Crippen LogP contribution in [-0.4, -0.2) is 10.2 Å². The van der Waals surface area contributed by atoms with Crippen LogP contribution >= 0.6 is 0 Å². The lowest BCUT2D eigenvalue weighted by molar-refractivity contribution is 0.139. The molecule has 3 heteroatoms. The maximum atomic E-state index is 12.9. The minimum absolute atomic E-state index is 0.154. The molecule has 14 heavy (non-hydrogen) atoms. The summed E-state index contributed by atoms with van der Waals surface area (Å²) in [6, 6.07) is 3.84. The van der Waals surface area contributed by atoms with Gasteiger partial charge in [0, 0.05) is 5.92 Å². The van der Waals surface area contributed by atoms with E-state index in [9.17, 15) is 9.50 Å². The molecule has 0 amide bonds. The zero-order valence-corrected chi connectivity index (χ0v) is 7.94. The number of aliphatic hydroxyl groups is 1. The van der Waals surface area contributed by atoms with Crippen LogP contribution in [0.1, 0.15) is 18.6 Å². The first kappa shape index (κ1) is 10.7. The topological polar surface area (TPSA) is 40.5 Å². The van der Waals surface area contributed by atoms with Crippen molar-refractivity contribution in [2.75, 3.05) is 0 Å². The van der Waals surface area contributed by atoms with Crippen molar-refractivity contribution in [3.8, 4) is 5.75 Å². The van der Waals surface area contributed by atoms with Gasteiger partial charge in [0.05, 0.1) is 6.10 Å². The van der Waals surface area contributed by atoms with E-state index < -0.39 is 17.7 Å². The van der Waals surface area contributed by atoms with E-state index in [1.54, 1.807) is 13.0 Å². The van der Waals surface area contributed by atoms with Crippen molar-refractivity contribution in [2.45, 2.75) is 13.0 Å². The molecule has 2 nitrogen and oxygen atoms in total. The number of halogens is 1. The zero-order chi connectivity index (χ0) is 10.7. The number of phenolic OH excluding ortho intramolecular Hbond substituents is 1. The van der Waals surface area contributed by atoms with Gasteiger partial charge < -0.3 is 10.2 Å². The van der Waals surface area contributed by atoms with Gasteiger partial charge in [0.1, 0.15) is 0 Å². The summed E-state index contributed by atoms with van der Waals surface area (Å²) in [4.78, 5) is 0. The van der Waals surface area contributed by atoms with Crippen LogP contribution in [-0.2, 0) is 0 Å². The van der Waals surface area contributed by atoms with Crippen LogP contribution in [0.25, 0.3) is 0 Å². The van der Waals surface area contributed by atoms with Gasteiger partial charge in [-0.3, -0.25) is 0 Å². The van der Waals surface area contributed by atoms with Crippen LogP contribution in [0.3, 0.4) is 0 Å². The Hall–Kier alpha value is -1.35. The number of benzene rings is 1. The average molecular weight is 196 g/mol. The van der Waals surface area contributed by atoms with Crippen LogP contribution in [0.4, 0.5) is 4.39 Å². The Morgan fingerprint density at radius 3 is 2.64 bits per heavy atom. The highest BCUT2D eigenvalue weighted by Gasteiger charge is 2.14. The van der Waals surface area contributed by atoms with Gasteiger partial charge in [0.2, 0.25) is 0 Å². The molecule has 1 aromatic carbocycles. The number of aliphatic hydroxyl groups excluding tert-OH is 1. The first-order valence-corrected chi connectivity index (χ1v) is 4.35. The molecule has 0 aliphatic carbocycles. The summed E-state index contributed by atoms with van der Waals surface area (Å²) in [5.41, 5.74) is 0.438. The van der Waals surface area contributed by atoms with Crippen molar-refractivity contribution >= 4 is 0 Å². The number of phenols is 1. The van der Waals surface area contributed by atoms with Gasteiger partial charge in [-0.05, 0) is 17.7 Å². The second kappa shape index (κ2) is 4.24. The van der Waals surface area contributed by atoms with Crippen molar-refractivity contribution in [3.63, 3.8) is 0 Å². The van der Waals surface area contributed by atoms with E-state index in [0.29, 0.717) is 5.56 Å². The largest absolute Gasteiger partial charge is 0.505 e. The molecule has 2 N–H and O–H groups in total. The fourth-order valence-corrected chi connectivity index (χ4v) is 1.14. The van der Waals surface area contributed by atoms with Gasteiger partial charge in [-0.1, -0.05) is 19.1 Å². The quantitative estimate of drug-likeness (QED) is 0.729. The van der Waals surface area contributed by atoms with E-state index in [1.807, 2.05) is 0 Å². The number of aromatic hydroxyl groups is 1. The Balaban J connectivity index is 2.96. The maximum Gasteiger partial charge on any atom is 0.165 e. The summed E-state index contributed by atoms with van der Waals surface area (Å²) in [5, 5.41) is 18.6. The molecule has 1 aromatic rings. The minimum atomic E-state index is -0.789. The van der Waals surface area contributed by atoms with Crippen LogP contribution in [0.2, 0.25) is 0 Å². The minimum Gasteiger partial charge on any atom is -0.505 e. The predicted octanol–water partition coefficient (Wildman–Crippen LogP) is 2.39. The third-order valence-electron chi connectivity index (χ3n) is 2.18. The van der Waals surface area contributed by atoms with Crippen molar-refractivity contribution in [1.29, 1.82) is 0 Å². The number of hydrogen-bond donors (Lipinski definition) is 2. The van der Waals surface area contributed by atoms with Crippen LogP contribution in [0.5, 0.6) is 5.75 Å². The van der Waals surface area contributed by atoms with E-state index in [4.69, 9.17) is 5.11 Å². The molecule has 0 aliphatic rings. The van der Waals surface area contributed by atoms with Crippen LogP contribution in [0.15, 0.2) is 30.9 Å². The molecule has 0 bridgehead atoms. The number of rotatable bonds is 3. The summed E-state index contributed by atoms with van der Waals surface area (Å²) in [5.74, 6) is -1.29. The highest BCUT2D eigenvalue weighted by Crippen LogP contribution is 2.25. The standard InChI is InChI=1S/C11H13FO2/c1-3-7(2)11(14)8-4-5-10(13)9(12)6-8/h3-7,11,13-14H,1H2,2H3/t7-,11+/m0/s1. The SMILES string of the molecule is C=C[C@H](C)[C@@H](O)c1ccc(O)c(F)c1. The van der Waals surface area contributed by atoms with Gasteiger partial charge in [-0.2, -0.15) is 0 Å². The Morgan fingerprint density at radius 2 is 2.14 bits per heavy atom. The molecule has 76 valence electrons. The molecule has 0 radical (unpaired) electrons. The molecular weight excluding hydrogens is 183 g/mol. The highest BCUT2D eigenvalue weighted by atomic mass is 19.1. The Kier molecular flexibility index (Phi) is 3.25. The molecule has 0 saturated heterocycles. The van der Waals surface area contributed by atoms with Gasteiger partial charge in [-0.25, -0.2) is 4.39 Å². The summed E-state index contributed by atoms with van der Waals surface area (Å²) in [6.07, 6.45) is 0.803. The van der Waals surface area contributed by atoms with E-state index in [-0.39, 0.29) is 5.92 Å². The summed E-state index contributed by atoms with van der Waals surface area (Å²) in [6.45, 7) is 5.32. The normalized spacial score (nSPS) is 14.8. The van der Waals surface area contributed by atoms with Gasteiger partial charge >= 0.3 is 0 Å². The first-order chi connectivity index (χ1) is 6.56. The van der Waals surface area contributed by atoms with Crippen molar-refractivity contribution in [3.05, 3.63) is 42.2 Å². The van der Waals surface area contributed by atoms with Gasteiger partial charge in [0.15, 0.2) is 11.6 Å². The molecule has 0 aromatic heterocycles. The van der Waals surface area contributed by atoms with Crippen molar-refractivity contribution in [2.24, 2.45) is 5.92 Å². The summed E-state index contributed by atoms with van der Waals surface area (Å²) >= 11 is 0. The molecule has 0 fully saturated rings. The highest BCUT2D eigenvalue weighted by molar-refractivity contribution is 5.29. The average Bonchev–Trinajstić information content (AvgIpc) is 2.20. The monoisotopic (exact) mass is 196 g/mol. The number of hydrogen-bond acceptors (Lipinski definition) is 2. The predicted molar refractivity (Wildman–Crippen MR) is 52.4 cm³/mol. The van der Waals surface area contributed by atoms with Gasteiger partial charge in [-0.15, -0.1) is 6.58 Å². The molecule has 0 saturated carbocycles. The van der Waals surface area contributed by atoms with E-state index in [2.05, 4.69) is 6.58 Å². The fourth-order valence-electron chi connectivity index (χ4n) is 1.14. The molecule has 0 heterocycles. The zero-order valence-electron chi connectivity index (χ0n) is 7.94. The summed E-state index contributed by atoms with van der Waals surface area (Å²) < 4.78 is 12.9. The lowest BCUT2D eigenvalue weighted by Crippen LogP contribution is -2.06. The lowest BCUT2D eigenvalue weighted by atomic mass is 9.97. The van der Waals surface area contributed by atoms with E-state index >= 15 is 0 Å². The second-order valence-corrected chi connectivity index (χ2v) is 3.25. The Bertz CT molecular complexity index is 336. The van der Waals surface area contributed by atoms with Crippen LogP contribution < -0.4 is 0 Å². The molecular formula is C11H13FO2. The third-order valence-corrected chi connectivity index (χ3v) is 2.18. The first-order valence-electron chi connectivity index (χ1n) is 4.35. The molecule has 0 aliphatic heterocycles. The molecule has 0 unspecified atom stereocenters. The van der Waals surface area contributed by atoms with Crippen molar-refractivity contribution < 1.29 is 14.6 Å². The maximum absolute atomic E-state index is 12.9. The lowest BCUT2D eigenvalue weighted by Gasteiger charge is -2.15. The second-order valence-electron chi connectivity index (χ2n) is 3.25. The summed E-state index contributed by atoms with van der Waals surface area (Å²) in [7, 11) is 0. The molecule has 2 atom stereocenters. The Morgan fingerprint density at radius 1 is 1.50 bits per heavy atom. The van der Waals surface area contributed by atoms with E-state index in [0.717, 1.165) is 6.07 Å².